The maximum Gasteiger partial charge on any atom is 0.239 e. The maximum absolute atomic E-state index is 13.4. The molecule has 0 radical (unpaired) electrons. The van der Waals surface area contributed by atoms with Gasteiger partial charge in [0.15, 0.2) is 11.6 Å². The number of ether oxygens (including phenoxy) is 1. The number of benzene rings is 1. The van der Waals surface area contributed by atoms with Crippen LogP contribution in [-0.4, -0.2) is 47.3 Å². The summed E-state index contributed by atoms with van der Waals surface area (Å²) < 4.78 is 20.6. The van der Waals surface area contributed by atoms with E-state index < -0.39 is 0 Å². The molecule has 1 aromatic heterocycles. The number of para-hydroxylation sites is 1. The number of carbonyl (C=O) groups excluding carboxylic acids is 1. The van der Waals surface area contributed by atoms with Crippen molar-refractivity contribution < 1.29 is 13.9 Å². The van der Waals surface area contributed by atoms with Gasteiger partial charge in [-0.25, -0.2) is 9.07 Å². The molecule has 6 nitrogen and oxygen atoms in total. The molecule has 0 aliphatic rings. The van der Waals surface area contributed by atoms with E-state index in [1.165, 1.54) is 6.07 Å². The van der Waals surface area contributed by atoms with E-state index in [1.807, 2.05) is 25.8 Å². The average Bonchev–Trinajstić information content (AvgIpc) is 2.97. The molecule has 2 rings (SSSR count). The van der Waals surface area contributed by atoms with Gasteiger partial charge in [-0.1, -0.05) is 12.1 Å². The Morgan fingerprint density at radius 2 is 2.12 bits per heavy atom. The third kappa shape index (κ3) is 5.06. The quantitative estimate of drug-likeness (QED) is 0.806. The van der Waals surface area contributed by atoms with Crippen LogP contribution in [0.1, 0.15) is 19.9 Å². The minimum atomic E-state index is -0.389. The second-order valence-corrected chi connectivity index (χ2v) is 5.82. The lowest BCUT2D eigenvalue weighted by Crippen LogP contribution is -2.33. The van der Waals surface area contributed by atoms with Gasteiger partial charge in [0.05, 0.1) is 12.7 Å². The van der Waals surface area contributed by atoms with Crippen molar-refractivity contribution in [3.8, 4) is 5.75 Å². The summed E-state index contributed by atoms with van der Waals surface area (Å²) in [6.45, 7) is 5.01. The zero-order valence-electron chi connectivity index (χ0n) is 14.2. The van der Waals surface area contributed by atoms with Gasteiger partial charge in [-0.2, -0.15) is 5.10 Å². The molecule has 0 saturated carbocycles. The average molecular weight is 334 g/mol. The van der Waals surface area contributed by atoms with E-state index in [9.17, 15) is 9.18 Å². The zero-order valence-corrected chi connectivity index (χ0v) is 14.2. The van der Waals surface area contributed by atoms with Crippen LogP contribution in [0.25, 0.3) is 0 Å². The molecule has 1 heterocycles. The third-order valence-electron chi connectivity index (χ3n) is 3.41. The largest absolute Gasteiger partial charge is 0.489 e. The summed E-state index contributed by atoms with van der Waals surface area (Å²) in [6.07, 6.45) is 1.65. The predicted molar refractivity (Wildman–Crippen MR) is 90.6 cm³/mol. The fourth-order valence-corrected chi connectivity index (χ4v) is 2.20. The van der Waals surface area contributed by atoms with E-state index in [1.54, 1.807) is 35.1 Å². The molecular formula is C17H23FN4O2. The normalized spacial score (nSPS) is 11.1. The number of amides is 1. The van der Waals surface area contributed by atoms with Crippen molar-refractivity contribution in [2.24, 2.45) is 0 Å². The van der Waals surface area contributed by atoms with E-state index >= 15 is 0 Å². The molecule has 24 heavy (non-hydrogen) atoms. The van der Waals surface area contributed by atoms with E-state index in [2.05, 4.69) is 10.4 Å². The van der Waals surface area contributed by atoms with Crippen molar-refractivity contribution in [3.05, 3.63) is 42.3 Å². The van der Waals surface area contributed by atoms with Gasteiger partial charge >= 0.3 is 0 Å². The molecule has 1 amide bonds. The molecule has 0 saturated heterocycles. The van der Waals surface area contributed by atoms with Gasteiger partial charge in [-0.3, -0.25) is 9.69 Å². The van der Waals surface area contributed by atoms with Crippen LogP contribution >= 0.6 is 0 Å². The second-order valence-electron chi connectivity index (χ2n) is 5.82. The van der Waals surface area contributed by atoms with Crippen molar-refractivity contribution >= 4 is 11.7 Å². The predicted octanol–water partition coefficient (Wildman–Crippen LogP) is 2.55. The highest BCUT2D eigenvalue weighted by molar-refractivity contribution is 5.91. The second kappa shape index (κ2) is 8.44. The summed E-state index contributed by atoms with van der Waals surface area (Å²) in [5.74, 6) is 0.368. The molecule has 0 aliphatic heterocycles. The van der Waals surface area contributed by atoms with E-state index in [4.69, 9.17) is 4.74 Å². The fraction of sp³-hybridized carbons (Fsp3) is 0.412. The van der Waals surface area contributed by atoms with Crippen molar-refractivity contribution in [2.75, 3.05) is 32.1 Å². The summed E-state index contributed by atoms with van der Waals surface area (Å²) in [5, 5.41) is 7.01. The van der Waals surface area contributed by atoms with Crippen LogP contribution < -0.4 is 10.1 Å². The molecule has 0 atom stereocenters. The van der Waals surface area contributed by atoms with Gasteiger partial charge in [0, 0.05) is 18.7 Å². The molecule has 0 fully saturated rings. The minimum absolute atomic E-state index is 0.134. The SMILES string of the molecule is CC(C)n1nccc1NC(=O)CN(C)CCOc1ccccc1F. The zero-order chi connectivity index (χ0) is 17.5. The van der Waals surface area contributed by atoms with Gasteiger partial charge < -0.3 is 10.1 Å². The third-order valence-corrected chi connectivity index (χ3v) is 3.41. The lowest BCUT2D eigenvalue weighted by molar-refractivity contribution is -0.117. The molecule has 7 heteroatoms. The smallest absolute Gasteiger partial charge is 0.239 e. The lowest BCUT2D eigenvalue weighted by atomic mass is 10.3. The molecule has 0 aliphatic carbocycles. The Balaban J connectivity index is 1.75. The number of carbonyl (C=O) groups is 1. The van der Waals surface area contributed by atoms with E-state index in [-0.39, 0.29) is 30.1 Å². The van der Waals surface area contributed by atoms with Crippen LogP contribution in [-0.2, 0) is 4.79 Å². The summed E-state index contributed by atoms with van der Waals surface area (Å²) in [6, 6.07) is 8.19. The molecular weight excluding hydrogens is 311 g/mol. The first-order valence-electron chi connectivity index (χ1n) is 7.86. The molecule has 130 valence electrons. The van der Waals surface area contributed by atoms with Crippen LogP contribution in [0.3, 0.4) is 0 Å². The topological polar surface area (TPSA) is 59.4 Å². The van der Waals surface area contributed by atoms with Crippen molar-refractivity contribution in [1.29, 1.82) is 0 Å². The summed E-state index contributed by atoms with van der Waals surface area (Å²) >= 11 is 0. The monoisotopic (exact) mass is 334 g/mol. The fourth-order valence-electron chi connectivity index (χ4n) is 2.20. The van der Waals surface area contributed by atoms with Crippen LogP contribution in [0.5, 0.6) is 5.75 Å². The number of hydrogen-bond donors (Lipinski definition) is 1. The molecule has 1 aromatic carbocycles. The number of aromatic nitrogens is 2. The van der Waals surface area contributed by atoms with E-state index in [0.717, 1.165) is 0 Å². The standard InChI is InChI=1S/C17H23FN4O2/c1-13(2)22-16(8-9-19-22)20-17(23)12-21(3)10-11-24-15-7-5-4-6-14(15)18/h4-9,13H,10-12H2,1-3H3,(H,20,23). The Morgan fingerprint density at radius 3 is 2.83 bits per heavy atom. The summed E-state index contributed by atoms with van der Waals surface area (Å²) in [5.41, 5.74) is 0. The van der Waals surface area contributed by atoms with Crippen LogP contribution in [0, 0.1) is 5.82 Å². The van der Waals surface area contributed by atoms with E-state index in [0.29, 0.717) is 19.0 Å². The van der Waals surface area contributed by atoms with Crippen LogP contribution in [0.2, 0.25) is 0 Å². The Labute approximate surface area is 141 Å². The molecule has 1 N–H and O–H groups in total. The number of hydrogen-bond acceptors (Lipinski definition) is 4. The highest BCUT2D eigenvalue weighted by Crippen LogP contribution is 2.15. The van der Waals surface area contributed by atoms with Gasteiger partial charge in [0.25, 0.3) is 0 Å². The molecule has 2 aromatic rings. The molecule has 0 spiro atoms. The number of halogens is 1. The van der Waals surface area contributed by atoms with Crippen molar-refractivity contribution in [3.63, 3.8) is 0 Å². The van der Waals surface area contributed by atoms with Crippen LogP contribution in [0.4, 0.5) is 10.2 Å². The highest BCUT2D eigenvalue weighted by Gasteiger charge is 2.11. The van der Waals surface area contributed by atoms with Crippen molar-refractivity contribution in [1.82, 2.24) is 14.7 Å². The van der Waals surface area contributed by atoms with Gasteiger partial charge in [0.2, 0.25) is 5.91 Å². The van der Waals surface area contributed by atoms with Gasteiger partial charge in [-0.05, 0) is 33.0 Å². The first kappa shape index (κ1) is 17.9. The van der Waals surface area contributed by atoms with Gasteiger partial charge in [0.1, 0.15) is 12.4 Å². The lowest BCUT2D eigenvalue weighted by Gasteiger charge is -2.17. The number of nitrogens with one attached hydrogen (secondary N) is 1. The molecule has 0 bridgehead atoms. The summed E-state index contributed by atoms with van der Waals surface area (Å²) in [7, 11) is 1.81. The summed E-state index contributed by atoms with van der Waals surface area (Å²) in [4.78, 5) is 13.9. The number of anilines is 1. The van der Waals surface area contributed by atoms with Crippen molar-refractivity contribution in [2.45, 2.75) is 19.9 Å². The molecule has 0 unspecified atom stereocenters. The number of likely N-dealkylation sites (N-methyl/N-ethyl adjacent to an activating group) is 1. The Hall–Kier alpha value is -2.41. The first-order chi connectivity index (χ1) is 11.5. The Bertz CT molecular complexity index is 672. The first-order valence-corrected chi connectivity index (χ1v) is 7.86. The van der Waals surface area contributed by atoms with Gasteiger partial charge in [-0.15, -0.1) is 0 Å². The number of nitrogens with zero attached hydrogens (tertiary/aromatic N) is 3. The van der Waals surface area contributed by atoms with Crippen LogP contribution in [0.15, 0.2) is 36.5 Å². The number of rotatable bonds is 8. The minimum Gasteiger partial charge on any atom is -0.489 e. The maximum atomic E-state index is 13.4. The Morgan fingerprint density at radius 1 is 1.38 bits per heavy atom. The Kier molecular flexibility index (Phi) is 6.31. The highest BCUT2D eigenvalue weighted by atomic mass is 19.1.